The second kappa shape index (κ2) is 8.55. The first-order chi connectivity index (χ1) is 16.4. The molecule has 5 rings (SSSR count). The number of halogens is 6. The highest BCUT2D eigenvalue weighted by Gasteiger charge is 2.44. The molecular formula is C24H24F6N2O3. The fourth-order valence-electron chi connectivity index (χ4n) is 5.32. The number of piperidine rings is 1. The maximum Gasteiger partial charge on any atom is 0.417 e. The van der Waals surface area contributed by atoms with E-state index in [1.165, 1.54) is 12.1 Å². The Bertz CT molecular complexity index is 1050. The molecule has 4 heterocycles. The van der Waals surface area contributed by atoms with Gasteiger partial charge in [-0.2, -0.15) is 26.3 Å². The van der Waals surface area contributed by atoms with Gasteiger partial charge in [-0.05, 0) is 50.1 Å². The summed E-state index contributed by atoms with van der Waals surface area (Å²) in [6.07, 6.45) is -5.62. The van der Waals surface area contributed by atoms with Crippen molar-refractivity contribution in [2.24, 2.45) is 0 Å². The van der Waals surface area contributed by atoms with E-state index in [9.17, 15) is 26.3 Å². The van der Waals surface area contributed by atoms with Gasteiger partial charge in [0.25, 0.3) is 0 Å². The van der Waals surface area contributed by atoms with E-state index in [-0.39, 0.29) is 42.7 Å². The Kier molecular flexibility index (Phi) is 5.90. The molecule has 0 aliphatic carbocycles. The number of benzene rings is 1. The van der Waals surface area contributed by atoms with E-state index in [4.69, 9.17) is 14.2 Å². The van der Waals surface area contributed by atoms with Gasteiger partial charge in [0.15, 0.2) is 5.79 Å². The number of ether oxygens (including phenoxy) is 3. The minimum Gasteiger partial charge on any atom is -0.490 e. The van der Waals surface area contributed by atoms with Crippen molar-refractivity contribution >= 4 is 5.82 Å². The van der Waals surface area contributed by atoms with Gasteiger partial charge in [-0.25, -0.2) is 4.98 Å². The number of anilines is 1. The fourth-order valence-corrected chi connectivity index (χ4v) is 5.32. The average molecular weight is 502 g/mol. The summed E-state index contributed by atoms with van der Waals surface area (Å²) in [7, 11) is 0. The molecule has 3 fully saturated rings. The molecular weight excluding hydrogens is 478 g/mol. The summed E-state index contributed by atoms with van der Waals surface area (Å²) in [5.41, 5.74) is -1.43. The van der Waals surface area contributed by atoms with Crippen LogP contribution >= 0.6 is 0 Å². The van der Waals surface area contributed by atoms with Crippen molar-refractivity contribution < 1.29 is 40.6 Å². The second-order valence-electron chi connectivity index (χ2n) is 9.26. The second-order valence-corrected chi connectivity index (χ2v) is 9.26. The van der Waals surface area contributed by atoms with Crippen molar-refractivity contribution in [2.75, 3.05) is 18.1 Å². The van der Waals surface area contributed by atoms with E-state index >= 15 is 0 Å². The van der Waals surface area contributed by atoms with Crippen LogP contribution in [0.1, 0.15) is 49.3 Å². The third-order valence-electron chi connectivity index (χ3n) is 6.96. The summed E-state index contributed by atoms with van der Waals surface area (Å²) in [5, 5.41) is 0. The molecule has 3 saturated heterocycles. The molecule has 3 aliphatic heterocycles. The summed E-state index contributed by atoms with van der Waals surface area (Å²) in [4.78, 5) is 6.09. The molecule has 1 unspecified atom stereocenters. The summed E-state index contributed by atoms with van der Waals surface area (Å²) >= 11 is 0. The molecule has 0 spiro atoms. The van der Waals surface area contributed by atoms with Crippen molar-refractivity contribution in [1.29, 1.82) is 0 Å². The number of hydrogen-bond acceptors (Lipinski definition) is 5. The van der Waals surface area contributed by atoms with Crippen molar-refractivity contribution in [3.05, 3.63) is 53.2 Å². The average Bonchev–Trinajstić information content (AvgIpc) is 3.34. The van der Waals surface area contributed by atoms with Crippen LogP contribution in [-0.4, -0.2) is 36.4 Å². The largest absolute Gasteiger partial charge is 0.490 e. The van der Waals surface area contributed by atoms with Crippen LogP contribution in [0.4, 0.5) is 32.2 Å². The normalized spacial score (nSPS) is 26.3. The van der Waals surface area contributed by atoms with E-state index < -0.39 is 29.3 Å². The van der Waals surface area contributed by atoms with Gasteiger partial charge < -0.3 is 19.1 Å². The highest BCUT2D eigenvalue weighted by molar-refractivity contribution is 5.46. The van der Waals surface area contributed by atoms with Gasteiger partial charge in [-0.15, -0.1) is 0 Å². The number of nitrogens with zero attached hydrogens (tertiary/aromatic N) is 2. The van der Waals surface area contributed by atoms with Crippen molar-refractivity contribution in [3.63, 3.8) is 0 Å². The molecule has 11 heteroatoms. The Morgan fingerprint density at radius 3 is 2.06 bits per heavy atom. The Hall–Kier alpha value is -2.53. The standard InChI is InChI=1S/C24H24F6N2O3/c1-22(33-8-9-34-22)19-10-14(23(25,26)27)2-6-20(19)35-18-11-16-4-5-17(12-18)32(16)21-7-3-15(13-31-21)24(28,29)30/h2-3,6-7,10,13,16-18H,4-5,8-9,11-12H2,1H3/t16-,17+,18?. The zero-order chi connectivity index (χ0) is 25.0. The van der Waals surface area contributed by atoms with Crippen molar-refractivity contribution in [3.8, 4) is 5.75 Å². The van der Waals surface area contributed by atoms with Crippen LogP contribution in [0.3, 0.4) is 0 Å². The topological polar surface area (TPSA) is 43.8 Å². The fraction of sp³-hybridized carbons (Fsp3) is 0.542. The maximum absolute atomic E-state index is 13.4. The predicted molar refractivity (Wildman–Crippen MR) is 113 cm³/mol. The highest BCUT2D eigenvalue weighted by atomic mass is 19.4. The summed E-state index contributed by atoms with van der Waals surface area (Å²) < 4.78 is 96.3. The monoisotopic (exact) mass is 502 g/mol. The van der Waals surface area contributed by atoms with Crippen molar-refractivity contribution in [1.82, 2.24) is 4.98 Å². The van der Waals surface area contributed by atoms with Crippen LogP contribution in [0.2, 0.25) is 0 Å². The number of aromatic nitrogens is 1. The molecule has 1 aromatic heterocycles. The SMILES string of the molecule is CC1(c2cc(C(F)(F)F)ccc2OC2C[C@H]3CC[C@@H](C2)N3c2ccc(C(F)(F)F)cn2)OCCO1. The van der Waals surface area contributed by atoms with Crippen LogP contribution in [0.25, 0.3) is 0 Å². The summed E-state index contributed by atoms with van der Waals surface area (Å²) in [6, 6.07) is 5.73. The van der Waals surface area contributed by atoms with Crippen LogP contribution < -0.4 is 9.64 Å². The van der Waals surface area contributed by atoms with Gasteiger partial charge in [-0.3, -0.25) is 0 Å². The third kappa shape index (κ3) is 4.67. The Morgan fingerprint density at radius 1 is 0.914 bits per heavy atom. The molecule has 0 saturated carbocycles. The van der Waals surface area contributed by atoms with Crippen LogP contribution in [-0.2, 0) is 27.6 Å². The Labute approximate surface area is 198 Å². The first-order valence-corrected chi connectivity index (χ1v) is 11.4. The van der Waals surface area contributed by atoms with Gasteiger partial charge in [0.1, 0.15) is 17.7 Å². The molecule has 2 aromatic rings. The maximum atomic E-state index is 13.4. The lowest BCUT2D eigenvalue weighted by Gasteiger charge is -2.40. The van der Waals surface area contributed by atoms with Crippen LogP contribution in [0.15, 0.2) is 36.5 Å². The Morgan fingerprint density at radius 2 is 1.51 bits per heavy atom. The molecule has 5 nitrogen and oxygen atoms in total. The lowest BCUT2D eigenvalue weighted by atomic mass is 9.98. The highest BCUT2D eigenvalue weighted by Crippen LogP contribution is 2.44. The molecule has 2 bridgehead atoms. The first kappa shape index (κ1) is 24.2. The lowest BCUT2D eigenvalue weighted by molar-refractivity contribution is -0.153. The van der Waals surface area contributed by atoms with E-state index in [1.54, 1.807) is 6.92 Å². The van der Waals surface area contributed by atoms with Gasteiger partial charge in [0, 0.05) is 31.1 Å². The zero-order valence-electron chi connectivity index (χ0n) is 18.8. The van der Waals surface area contributed by atoms with E-state index in [0.29, 0.717) is 18.7 Å². The molecule has 0 N–H and O–H groups in total. The van der Waals surface area contributed by atoms with Gasteiger partial charge >= 0.3 is 12.4 Å². The van der Waals surface area contributed by atoms with Crippen LogP contribution in [0, 0.1) is 0 Å². The number of pyridine rings is 1. The number of hydrogen-bond donors (Lipinski definition) is 0. The predicted octanol–water partition coefficient (Wildman–Crippen LogP) is 5.92. The molecule has 3 aliphatic rings. The van der Waals surface area contributed by atoms with Gasteiger partial charge in [-0.1, -0.05) is 0 Å². The molecule has 0 amide bonds. The molecule has 190 valence electrons. The quantitative estimate of drug-likeness (QED) is 0.486. The Balaban J connectivity index is 1.36. The third-order valence-corrected chi connectivity index (χ3v) is 6.96. The molecule has 3 atom stereocenters. The minimum absolute atomic E-state index is 0.00968. The van der Waals surface area contributed by atoms with E-state index in [1.807, 2.05) is 4.90 Å². The first-order valence-electron chi connectivity index (χ1n) is 11.4. The molecule has 35 heavy (non-hydrogen) atoms. The number of fused-ring (bicyclic) bond motifs is 2. The number of rotatable bonds is 4. The smallest absolute Gasteiger partial charge is 0.417 e. The van der Waals surface area contributed by atoms with Gasteiger partial charge in [0.2, 0.25) is 0 Å². The molecule has 0 radical (unpaired) electrons. The van der Waals surface area contributed by atoms with E-state index in [2.05, 4.69) is 4.98 Å². The van der Waals surface area contributed by atoms with Crippen LogP contribution in [0.5, 0.6) is 5.75 Å². The summed E-state index contributed by atoms with van der Waals surface area (Å²) in [6.45, 7) is 2.09. The summed E-state index contributed by atoms with van der Waals surface area (Å²) in [5.74, 6) is -0.590. The minimum atomic E-state index is -4.53. The number of alkyl halides is 6. The van der Waals surface area contributed by atoms with Gasteiger partial charge in [0.05, 0.1) is 29.9 Å². The lowest BCUT2D eigenvalue weighted by Crippen LogP contribution is -2.47. The van der Waals surface area contributed by atoms with Crippen molar-refractivity contribution in [2.45, 2.75) is 68.9 Å². The van der Waals surface area contributed by atoms with E-state index in [0.717, 1.165) is 37.2 Å². The molecule has 1 aromatic carbocycles. The zero-order valence-corrected chi connectivity index (χ0v) is 18.8.